The molecule has 0 aromatic carbocycles. The number of thioether (sulfide) groups is 1. The molecule has 0 saturated carbocycles. The zero-order valence-corrected chi connectivity index (χ0v) is 14.5. The van der Waals surface area contributed by atoms with E-state index in [0.717, 1.165) is 21.5 Å². The molecule has 24 heavy (non-hydrogen) atoms. The van der Waals surface area contributed by atoms with Gasteiger partial charge in [0.25, 0.3) is 5.91 Å². The Morgan fingerprint density at radius 1 is 1.29 bits per heavy atom. The van der Waals surface area contributed by atoms with E-state index in [2.05, 4.69) is 30.7 Å². The van der Waals surface area contributed by atoms with E-state index >= 15 is 0 Å². The number of pyridine rings is 1. The molecule has 3 heterocycles. The number of aryl methyl sites for hydroxylation is 1. The highest BCUT2D eigenvalue weighted by Crippen LogP contribution is 2.21. The Hall–Kier alpha value is -2.33. The monoisotopic (exact) mass is 361 g/mol. The molecule has 0 fully saturated rings. The minimum absolute atomic E-state index is 0.130. The van der Waals surface area contributed by atoms with Gasteiger partial charge in [-0.15, -0.1) is 20.4 Å². The van der Waals surface area contributed by atoms with Crippen LogP contribution in [0.3, 0.4) is 0 Å². The molecule has 0 saturated heterocycles. The minimum Gasteiger partial charge on any atom is -0.352 e. The minimum atomic E-state index is -0.130. The fourth-order valence-electron chi connectivity index (χ4n) is 1.86. The molecule has 1 amide bonds. The number of nitrogens with zero attached hydrogens (tertiary/aromatic N) is 6. The van der Waals surface area contributed by atoms with Gasteiger partial charge < -0.3 is 5.32 Å². The largest absolute Gasteiger partial charge is 0.352 e. The number of carbonyl (C=O) groups is 1. The van der Waals surface area contributed by atoms with Crippen molar-refractivity contribution in [2.45, 2.75) is 17.7 Å². The number of rotatable bonds is 7. The van der Waals surface area contributed by atoms with Crippen molar-refractivity contribution in [2.75, 3.05) is 12.3 Å². The number of carbonyl (C=O) groups excluding carboxylic acids is 1. The molecule has 3 aromatic rings. The van der Waals surface area contributed by atoms with Crippen molar-refractivity contribution in [3.63, 3.8) is 0 Å². The van der Waals surface area contributed by atoms with E-state index in [1.165, 1.54) is 0 Å². The van der Waals surface area contributed by atoms with E-state index in [4.69, 9.17) is 0 Å². The third-order valence-corrected chi connectivity index (χ3v) is 5.09. The average Bonchev–Trinajstić information content (AvgIpc) is 3.26. The summed E-state index contributed by atoms with van der Waals surface area (Å²) in [7, 11) is 0. The molecule has 124 valence electrons. The Labute approximate surface area is 146 Å². The molecular weight excluding hydrogens is 346 g/mol. The Kier molecular flexibility index (Phi) is 5.49. The summed E-state index contributed by atoms with van der Waals surface area (Å²) in [4.78, 5) is 16.3. The maximum absolute atomic E-state index is 12.1. The van der Waals surface area contributed by atoms with Crippen molar-refractivity contribution in [3.8, 4) is 5.82 Å². The second-order valence-corrected chi connectivity index (χ2v) is 7.34. The van der Waals surface area contributed by atoms with Crippen molar-refractivity contribution in [1.82, 2.24) is 35.3 Å². The second-order valence-electron chi connectivity index (χ2n) is 4.82. The van der Waals surface area contributed by atoms with Crippen LogP contribution < -0.4 is 5.32 Å². The topological polar surface area (TPSA) is 98.5 Å². The van der Waals surface area contributed by atoms with Gasteiger partial charge in [0.05, 0.1) is 5.56 Å². The molecule has 0 radical (unpaired) electrons. The van der Waals surface area contributed by atoms with Crippen molar-refractivity contribution in [1.29, 1.82) is 0 Å². The molecule has 0 aliphatic rings. The average molecular weight is 361 g/mol. The first kappa shape index (κ1) is 16.5. The van der Waals surface area contributed by atoms with Crippen molar-refractivity contribution in [3.05, 3.63) is 41.6 Å². The number of hydrogen-bond donors (Lipinski definition) is 1. The van der Waals surface area contributed by atoms with Gasteiger partial charge in [0, 0.05) is 18.5 Å². The molecule has 0 spiro atoms. The third kappa shape index (κ3) is 4.36. The fourth-order valence-corrected chi connectivity index (χ4v) is 3.69. The van der Waals surface area contributed by atoms with E-state index < -0.39 is 0 Å². The first-order chi connectivity index (χ1) is 11.7. The van der Waals surface area contributed by atoms with Crippen LogP contribution in [0.1, 0.15) is 21.8 Å². The van der Waals surface area contributed by atoms with Gasteiger partial charge in [0.15, 0.2) is 4.34 Å². The summed E-state index contributed by atoms with van der Waals surface area (Å²) in [6.07, 6.45) is 5.52. The van der Waals surface area contributed by atoms with Gasteiger partial charge in [-0.3, -0.25) is 9.36 Å². The third-order valence-electron chi connectivity index (χ3n) is 3.03. The normalized spacial score (nSPS) is 10.7. The van der Waals surface area contributed by atoms with Gasteiger partial charge >= 0.3 is 0 Å². The molecule has 0 aliphatic heterocycles. The zero-order chi connectivity index (χ0) is 16.8. The SMILES string of the molecule is Cc1nnc(SCCCNC(=O)c2ccc(-n3cnnc3)nc2)s1. The summed E-state index contributed by atoms with van der Waals surface area (Å²) in [5.41, 5.74) is 0.527. The van der Waals surface area contributed by atoms with Crippen molar-refractivity contribution >= 4 is 29.0 Å². The first-order valence-electron chi connectivity index (χ1n) is 7.24. The number of aromatic nitrogens is 6. The lowest BCUT2D eigenvalue weighted by atomic mass is 10.2. The van der Waals surface area contributed by atoms with Crippen LogP contribution in [0.5, 0.6) is 0 Å². The molecule has 0 atom stereocenters. The van der Waals surface area contributed by atoms with E-state index in [1.807, 2.05) is 6.92 Å². The summed E-state index contributed by atoms with van der Waals surface area (Å²) >= 11 is 3.24. The summed E-state index contributed by atoms with van der Waals surface area (Å²) in [5.74, 6) is 1.43. The maximum Gasteiger partial charge on any atom is 0.252 e. The number of nitrogens with one attached hydrogen (secondary N) is 1. The van der Waals surface area contributed by atoms with E-state index in [1.54, 1.807) is 58.6 Å². The van der Waals surface area contributed by atoms with Crippen LogP contribution in [0.25, 0.3) is 5.82 Å². The predicted molar refractivity (Wildman–Crippen MR) is 91.5 cm³/mol. The van der Waals surface area contributed by atoms with Crippen LogP contribution in [0, 0.1) is 6.92 Å². The summed E-state index contributed by atoms with van der Waals surface area (Å²) in [6, 6.07) is 3.49. The van der Waals surface area contributed by atoms with Gasteiger partial charge in [-0.1, -0.05) is 23.1 Å². The van der Waals surface area contributed by atoms with E-state index in [-0.39, 0.29) is 5.91 Å². The Morgan fingerprint density at radius 3 is 2.79 bits per heavy atom. The quantitative estimate of drug-likeness (QED) is 0.505. The zero-order valence-electron chi connectivity index (χ0n) is 12.9. The highest BCUT2D eigenvalue weighted by atomic mass is 32.2. The van der Waals surface area contributed by atoms with Gasteiger partial charge in [0.2, 0.25) is 0 Å². The molecule has 3 rings (SSSR count). The lowest BCUT2D eigenvalue weighted by Crippen LogP contribution is -2.25. The smallest absolute Gasteiger partial charge is 0.252 e. The van der Waals surface area contributed by atoms with Crippen LogP contribution in [-0.4, -0.2) is 48.2 Å². The van der Waals surface area contributed by atoms with Gasteiger partial charge in [-0.2, -0.15) is 0 Å². The summed E-state index contributed by atoms with van der Waals surface area (Å²) in [5, 5.41) is 19.3. The maximum atomic E-state index is 12.1. The Morgan fingerprint density at radius 2 is 2.12 bits per heavy atom. The lowest BCUT2D eigenvalue weighted by molar-refractivity contribution is 0.0953. The van der Waals surface area contributed by atoms with Crippen LogP contribution in [0.4, 0.5) is 0 Å². The lowest BCUT2D eigenvalue weighted by Gasteiger charge is -2.05. The molecule has 8 nitrogen and oxygen atoms in total. The standard InChI is InChI=1S/C14H15N7OS2/c1-10-19-20-14(24-10)23-6-2-5-15-13(22)11-3-4-12(16-7-11)21-8-17-18-9-21/h3-4,7-9H,2,5-6H2,1H3,(H,15,22). The Bertz CT molecular complexity index is 786. The van der Waals surface area contributed by atoms with Crippen molar-refractivity contribution in [2.24, 2.45) is 0 Å². The highest BCUT2D eigenvalue weighted by molar-refractivity contribution is 8.01. The Balaban J connectivity index is 1.42. The van der Waals surface area contributed by atoms with E-state index in [9.17, 15) is 4.79 Å². The van der Waals surface area contributed by atoms with Crippen molar-refractivity contribution < 1.29 is 4.79 Å². The molecule has 0 unspecified atom stereocenters. The summed E-state index contributed by atoms with van der Waals surface area (Å²) < 4.78 is 2.64. The second kappa shape index (κ2) is 7.97. The predicted octanol–water partition coefficient (Wildman–Crippen LogP) is 1.73. The van der Waals surface area contributed by atoms with Crippen LogP contribution >= 0.6 is 23.1 Å². The van der Waals surface area contributed by atoms with Gasteiger partial charge in [-0.25, -0.2) is 4.98 Å². The molecule has 3 aromatic heterocycles. The number of amides is 1. The van der Waals surface area contributed by atoms with Crippen LogP contribution in [-0.2, 0) is 0 Å². The molecule has 0 bridgehead atoms. The van der Waals surface area contributed by atoms with Gasteiger partial charge in [0.1, 0.15) is 23.5 Å². The van der Waals surface area contributed by atoms with E-state index in [0.29, 0.717) is 17.9 Å². The van der Waals surface area contributed by atoms with Crippen LogP contribution in [0.15, 0.2) is 35.3 Å². The highest BCUT2D eigenvalue weighted by Gasteiger charge is 2.07. The molecule has 0 aliphatic carbocycles. The summed E-state index contributed by atoms with van der Waals surface area (Å²) in [6.45, 7) is 2.54. The number of hydrogen-bond acceptors (Lipinski definition) is 8. The van der Waals surface area contributed by atoms with Gasteiger partial charge in [-0.05, 0) is 25.5 Å². The molecule has 10 heteroatoms. The van der Waals surface area contributed by atoms with Crippen LogP contribution in [0.2, 0.25) is 0 Å². The fraction of sp³-hybridized carbons (Fsp3) is 0.286. The molecular formula is C14H15N7OS2. The molecule has 1 N–H and O–H groups in total. The first-order valence-corrected chi connectivity index (χ1v) is 9.05.